The lowest BCUT2D eigenvalue weighted by Gasteiger charge is -2.28. The Balaban J connectivity index is 1.52. The number of carbonyl (C=O) groups is 1. The van der Waals surface area contributed by atoms with E-state index in [1.165, 1.54) is 0 Å². The fraction of sp³-hybridized carbons (Fsp3) is 0.565. The molecule has 1 aliphatic rings. The number of likely N-dealkylation sites (N-methyl/N-ethyl adjacent to an activating group) is 1. The van der Waals surface area contributed by atoms with Crippen molar-refractivity contribution >= 4 is 40.8 Å². The minimum absolute atomic E-state index is 0.00187. The minimum atomic E-state index is -4.82. The Morgan fingerprint density at radius 3 is 2.87 bits per heavy atom. The maximum Gasteiger partial charge on any atom is 0.423 e. The summed E-state index contributed by atoms with van der Waals surface area (Å²) in [7, 11) is 1.87. The van der Waals surface area contributed by atoms with Crippen LogP contribution < -0.4 is 20.5 Å². The van der Waals surface area contributed by atoms with E-state index >= 15 is 0 Å². The van der Waals surface area contributed by atoms with Crippen molar-refractivity contribution in [3.63, 3.8) is 0 Å². The Labute approximate surface area is 227 Å². The number of nitrogens with one attached hydrogen (secondary N) is 2. The van der Waals surface area contributed by atoms with Crippen LogP contribution in [0.5, 0.6) is 5.75 Å². The molecule has 0 saturated heterocycles. The van der Waals surface area contributed by atoms with Crippen molar-refractivity contribution in [2.45, 2.75) is 24.3 Å². The number of anilines is 2. The molecule has 0 saturated carbocycles. The fourth-order valence-electron chi connectivity index (χ4n) is 3.82. The van der Waals surface area contributed by atoms with Crippen LogP contribution in [-0.2, 0) is 15.7 Å². The third-order valence-electron chi connectivity index (χ3n) is 5.84. The van der Waals surface area contributed by atoms with Crippen LogP contribution in [-0.4, -0.2) is 90.5 Å². The lowest BCUT2D eigenvalue weighted by Crippen LogP contribution is -2.41. The van der Waals surface area contributed by atoms with Crippen LogP contribution in [0.1, 0.15) is 18.4 Å². The van der Waals surface area contributed by atoms with Crippen LogP contribution in [0, 0.1) is 0 Å². The topological polar surface area (TPSA) is 113 Å². The summed E-state index contributed by atoms with van der Waals surface area (Å²) < 4.78 is 50.8. The number of nitrogens with zero attached hydrogens (tertiary/aromatic N) is 4. The standard InChI is InChI=1S/C23H30ClF3N6O4S/c1-32-6-7-33(14-16(38-2)3-9-37-18-11-15(24)12-29-21(18)32)19(34)4-8-36-10-5-28-17-13-30-31-22(35)20(17)23(25,26)27/h11-13,16H,3-10,14H2,1-2H3,(H2,28,31,35). The third kappa shape index (κ3) is 8.40. The van der Waals surface area contributed by atoms with Gasteiger partial charge in [-0.3, -0.25) is 9.59 Å². The molecular weight excluding hydrogens is 549 g/mol. The van der Waals surface area contributed by atoms with Crippen molar-refractivity contribution in [1.29, 1.82) is 0 Å². The zero-order valence-corrected chi connectivity index (χ0v) is 22.6. The van der Waals surface area contributed by atoms with Crippen LogP contribution in [0.3, 0.4) is 0 Å². The van der Waals surface area contributed by atoms with Gasteiger partial charge in [-0.05, 0) is 12.7 Å². The second kappa shape index (κ2) is 13.9. The molecule has 0 spiro atoms. The Hall–Kier alpha value is -2.71. The summed E-state index contributed by atoms with van der Waals surface area (Å²) in [5, 5.41) is 8.34. The Kier molecular flexibility index (Phi) is 10.9. The molecule has 210 valence electrons. The Morgan fingerprint density at radius 2 is 2.13 bits per heavy atom. The lowest BCUT2D eigenvalue weighted by molar-refractivity contribution is -0.138. The molecule has 0 bridgehead atoms. The average molecular weight is 579 g/mol. The molecule has 2 aromatic rings. The first-order valence-corrected chi connectivity index (χ1v) is 13.5. The monoisotopic (exact) mass is 578 g/mol. The van der Waals surface area contributed by atoms with E-state index in [0.717, 1.165) is 12.6 Å². The Morgan fingerprint density at radius 1 is 1.34 bits per heavy atom. The lowest BCUT2D eigenvalue weighted by atomic mass is 10.2. The summed E-state index contributed by atoms with van der Waals surface area (Å²) in [4.78, 5) is 32.6. The highest BCUT2D eigenvalue weighted by Crippen LogP contribution is 2.31. The number of carbonyl (C=O) groups excluding carboxylic acids is 1. The number of aromatic amines is 1. The molecule has 2 aromatic heterocycles. The SMILES string of the molecule is CSC1CCOc2cc(Cl)cnc2N(C)CCN(C(=O)CCOCCNc2cn[nH]c(=O)c2C(F)(F)F)C1. The van der Waals surface area contributed by atoms with Gasteiger partial charge < -0.3 is 24.6 Å². The van der Waals surface area contributed by atoms with Crippen molar-refractivity contribution in [2.24, 2.45) is 0 Å². The molecule has 1 unspecified atom stereocenters. The predicted molar refractivity (Wildman–Crippen MR) is 140 cm³/mol. The zero-order valence-electron chi connectivity index (χ0n) is 21.0. The van der Waals surface area contributed by atoms with Crippen LogP contribution in [0.15, 0.2) is 23.3 Å². The summed E-state index contributed by atoms with van der Waals surface area (Å²) >= 11 is 7.75. The summed E-state index contributed by atoms with van der Waals surface area (Å²) in [6.45, 7) is 2.12. The van der Waals surface area contributed by atoms with Gasteiger partial charge in [0, 0.05) is 50.7 Å². The van der Waals surface area contributed by atoms with Crippen LogP contribution in [0.25, 0.3) is 0 Å². The van der Waals surface area contributed by atoms with Crippen LogP contribution >= 0.6 is 23.4 Å². The Bertz CT molecular complexity index is 1140. The number of hydrogen-bond donors (Lipinski definition) is 2. The fourth-order valence-corrected chi connectivity index (χ4v) is 4.63. The third-order valence-corrected chi connectivity index (χ3v) is 7.09. The van der Waals surface area contributed by atoms with E-state index < -0.39 is 23.0 Å². The number of thioether (sulfide) groups is 1. The number of halogens is 4. The van der Waals surface area contributed by atoms with Crippen molar-refractivity contribution in [3.8, 4) is 5.75 Å². The van der Waals surface area contributed by atoms with Crippen molar-refractivity contribution in [2.75, 3.05) is 69.5 Å². The van der Waals surface area contributed by atoms with Crippen molar-refractivity contribution < 1.29 is 27.4 Å². The van der Waals surface area contributed by atoms with E-state index in [1.807, 2.05) is 18.2 Å². The predicted octanol–water partition coefficient (Wildman–Crippen LogP) is 3.13. The van der Waals surface area contributed by atoms with Gasteiger partial charge in [0.2, 0.25) is 5.91 Å². The van der Waals surface area contributed by atoms with E-state index in [-0.39, 0.29) is 37.3 Å². The molecule has 2 N–H and O–H groups in total. The van der Waals surface area contributed by atoms with E-state index in [9.17, 15) is 22.8 Å². The molecule has 1 amide bonds. The first-order chi connectivity index (χ1) is 18.1. The highest BCUT2D eigenvalue weighted by Gasteiger charge is 2.37. The highest BCUT2D eigenvalue weighted by atomic mass is 35.5. The van der Waals surface area contributed by atoms with Gasteiger partial charge in [-0.2, -0.15) is 30.0 Å². The van der Waals surface area contributed by atoms with E-state index in [2.05, 4.69) is 15.4 Å². The van der Waals surface area contributed by atoms with Gasteiger partial charge in [0.05, 0.1) is 43.1 Å². The summed E-state index contributed by atoms with van der Waals surface area (Å²) in [5.41, 5.74) is -3.10. The molecule has 3 heterocycles. The number of H-pyrrole nitrogens is 1. The van der Waals surface area contributed by atoms with Crippen molar-refractivity contribution in [1.82, 2.24) is 20.1 Å². The number of rotatable bonds is 8. The molecule has 3 rings (SSSR count). The number of hydrogen-bond acceptors (Lipinski definition) is 9. The summed E-state index contributed by atoms with van der Waals surface area (Å²) in [5.74, 6) is 1.15. The second-order valence-corrected chi connectivity index (χ2v) is 10.1. The maximum atomic E-state index is 13.1. The van der Waals surface area contributed by atoms with Crippen molar-refractivity contribution in [3.05, 3.63) is 39.4 Å². The van der Waals surface area contributed by atoms with E-state index in [1.54, 1.807) is 34.0 Å². The number of ether oxygens (including phenoxy) is 2. The highest BCUT2D eigenvalue weighted by molar-refractivity contribution is 7.99. The van der Waals surface area contributed by atoms with Crippen LogP contribution in [0.4, 0.5) is 24.7 Å². The molecular formula is C23H30ClF3N6O4S. The van der Waals surface area contributed by atoms with Gasteiger partial charge in [-0.25, -0.2) is 10.1 Å². The average Bonchev–Trinajstić information content (AvgIpc) is 2.88. The molecule has 1 atom stereocenters. The first-order valence-electron chi connectivity index (χ1n) is 11.9. The molecule has 0 fully saturated rings. The molecule has 0 aliphatic carbocycles. The molecule has 0 aromatic carbocycles. The molecule has 38 heavy (non-hydrogen) atoms. The molecule has 1 aliphatic heterocycles. The largest absolute Gasteiger partial charge is 0.490 e. The molecule has 10 nitrogen and oxygen atoms in total. The number of alkyl halides is 3. The van der Waals surface area contributed by atoms with Gasteiger partial charge in [-0.1, -0.05) is 11.6 Å². The van der Waals surface area contributed by atoms with Gasteiger partial charge in [0.25, 0.3) is 5.56 Å². The smallest absolute Gasteiger partial charge is 0.423 e. The minimum Gasteiger partial charge on any atom is -0.490 e. The maximum absolute atomic E-state index is 13.1. The van der Waals surface area contributed by atoms with Gasteiger partial charge in [0.1, 0.15) is 5.56 Å². The number of fused-ring (bicyclic) bond motifs is 1. The summed E-state index contributed by atoms with van der Waals surface area (Å²) in [6, 6.07) is 1.73. The van der Waals surface area contributed by atoms with Gasteiger partial charge >= 0.3 is 6.18 Å². The zero-order chi connectivity index (χ0) is 27.7. The van der Waals surface area contributed by atoms with Crippen LogP contribution in [0.2, 0.25) is 5.02 Å². The first kappa shape index (κ1) is 29.8. The molecule has 15 heteroatoms. The number of amides is 1. The van der Waals surface area contributed by atoms with Gasteiger partial charge in [0.15, 0.2) is 11.6 Å². The van der Waals surface area contributed by atoms with Gasteiger partial charge in [-0.15, -0.1) is 0 Å². The normalized spacial score (nSPS) is 16.8. The second-order valence-electron chi connectivity index (χ2n) is 8.51. The quantitative estimate of drug-likeness (QED) is 0.456. The van der Waals surface area contributed by atoms with E-state index in [0.29, 0.717) is 42.8 Å². The summed E-state index contributed by atoms with van der Waals surface area (Å²) in [6.07, 6.45) is 0.453. The number of pyridine rings is 1. The molecule has 0 radical (unpaired) electrons. The van der Waals surface area contributed by atoms with E-state index in [4.69, 9.17) is 21.1 Å². The number of aromatic nitrogens is 3.